The highest BCUT2D eigenvalue weighted by atomic mass is 19.1. The molecule has 0 saturated carbocycles. The zero-order valence-electron chi connectivity index (χ0n) is 9.24. The van der Waals surface area contributed by atoms with Crippen LogP contribution in [0.3, 0.4) is 0 Å². The molecule has 0 aliphatic carbocycles. The maximum atomic E-state index is 13.6. The van der Waals surface area contributed by atoms with E-state index in [2.05, 4.69) is 0 Å². The largest absolute Gasteiger partial charge is 0.330 e. The number of halogens is 1. The third-order valence-corrected chi connectivity index (χ3v) is 2.99. The minimum absolute atomic E-state index is 0.0913. The molecule has 1 aliphatic heterocycles. The van der Waals surface area contributed by atoms with Crippen LogP contribution in [0.2, 0.25) is 0 Å². The topological polar surface area (TPSA) is 46.3 Å². The van der Waals surface area contributed by atoms with Gasteiger partial charge in [0.15, 0.2) is 0 Å². The highest BCUT2D eigenvalue weighted by molar-refractivity contribution is 5.97. The van der Waals surface area contributed by atoms with Crippen LogP contribution < -0.4 is 10.6 Å². The van der Waals surface area contributed by atoms with Gasteiger partial charge in [-0.1, -0.05) is 19.1 Å². The molecule has 3 nitrogen and oxygen atoms in total. The van der Waals surface area contributed by atoms with E-state index in [1.807, 2.05) is 6.07 Å². The van der Waals surface area contributed by atoms with E-state index in [-0.39, 0.29) is 17.6 Å². The number of nitrogens with two attached hydrogens (primary N) is 1. The van der Waals surface area contributed by atoms with Gasteiger partial charge in [-0.15, -0.1) is 0 Å². The summed E-state index contributed by atoms with van der Waals surface area (Å²) in [6, 6.07) is 4.92. The van der Waals surface area contributed by atoms with Gasteiger partial charge in [-0.3, -0.25) is 4.79 Å². The fraction of sp³-hybridized carbons (Fsp3) is 0.417. The number of anilines is 1. The van der Waals surface area contributed by atoms with E-state index in [4.69, 9.17) is 5.73 Å². The Morgan fingerprint density at radius 2 is 2.38 bits per heavy atom. The normalized spacial score (nSPS) is 16.1. The van der Waals surface area contributed by atoms with E-state index >= 15 is 0 Å². The molecule has 1 aromatic carbocycles. The zero-order valence-corrected chi connectivity index (χ0v) is 9.24. The number of nitrogens with zero attached hydrogens (tertiary/aromatic N) is 1. The van der Waals surface area contributed by atoms with Crippen LogP contribution in [0, 0.1) is 11.7 Å². The van der Waals surface area contributed by atoms with Crippen molar-refractivity contribution in [3.05, 3.63) is 29.6 Å². The molecule has 1 aromatic rings. The third-order valence-electron chi connectivity index (χ3n) is 2.99. The second kappa shape index (κ2) is 4.22. The Morgan fingerprint density at radius 3 is 3.06 bits per heavy atom. The van der Waals surface area contributed by atoms with Crippen LogP contribution in [0.5, 0.6) is 0 Å². The van der Waals surface area contributed by atoms with Crippen LogP contribution in [0.15, 0.2) is 18.2 Å². The number of carbonyl (C=O) groups is 1. The van der Waals surface area contributed by atoms with Crippen molar-refractivity contribution in [3.8, 4) is 0 Å². The molecule has 2 rings (SSSR count). The molecule has 0 spiro atoms. The number of carbonyl (C=O) groups excluding carboxylic acids is 1. The van der Waals surface area contributed by atoms with Gasteiger partial charge in [-0.05, 0) is 18.1 Å². The maximum Gasteiger partial charge on any atom is 0.231 e. The number of hydrogen-bond donors (Lipinski definition) is 1. The second-order valence-electron chi connectivity index (χ2n) is 4.12. The summed E-state index contributed by atoms with van der Waals surface area (Å²) in [4.78, 5) is 13.5. The van der Waals surface area contributed by atoms with E-state index in [1.165, 1.54) is 11.0 Å². The highest BCUT2D eigenvalue weighted by Gasteiger charge is 2.29. The van der Waals surface area contributed by atoms with Crippen LogP contribution in [0.1, 0.15) is 12.5 Å². The van der Waals surface area contributed by atoms with E-state index in [0.717, 1.165) is 12.0 Å². The zero-order chi connectivity index (χ0) is 11.7. The second-order valence-corrected chi connectivity index (χ2v) is 4.12. The molecule has 1 atom stereocenters. The molecule has 0 aromatic heterocycles. The van der Waals surface area contributed by atoms with Crippen molar-refractivity contribution in [1.82, 2.24) is 0 Å². The van der Waals surface area contributed by atoms with Crippen molar-refractivity contribution in [2.24, 2.45) is 11.7 Å². The van der Waals surface area contributed by atoms with Crippen LogP contribution in [-0.4, -0.2) is 19.0 Å². The van der Waals surface area contributed by atoms with E-state index in [0.29, 0.717) is 18.8 Å². The first kappa shape index (κ1) is 11.1. The van der Waals surface area contributed by atoms with Crippen molar-refractivity contribution < 1.29 is 9.18 Å². The minimum Gasteiger partial charge on any atom is -0.330 e. The molecule has 0 fully saturated rings. The summed E-state index contributed by atoms with van der Waals surface area (Å²) >= 11 is 0. The number of para-hydroxylation sites is 1. The summed E-state index contributed by atoms with van der Waals surface area (Å²) in [6.07, 6.45) is 0.718. The first-order valence-electron chi connectivity index (χ1n) is 5.44. The molecule has 86 valence electrons. The summed E-state index contributed by atoms with van der Waals surface area (Å²) in [5.41, 5.74) is 6.80. The monoisotopic (exact) mass is 222 g/mol. The van der Waals surface area contributed by atoms with Gasteiger partial charge in [0, 0.05) is 19.0 Å². The van der Waals surface area contributed by atoms with Gasteiger partial charge in [0.1, 0.15) is 5.82 Å². The Hall–Kier alpha value is -1.42. The predicted octanol–water partition coefficient (Wildman–Crippen LogP) is 1.31. The van der Waals surface area contributed by atoms with Gasteiger partial charge in [-0.2, -0.15) is 0 Å². The Labute approximate surface area is 94.0 Å². The Morgan fingerprint density at radius 1 is 1.62 bits per heavy atom. The van der Waals surface area contributed by atoms with Crippen LogP contribution in [0.25, 0.3) is 0 Å². The smallest absolute Gasteiger partial charge is 0.231 e. The standard InChI is InChI=1S/C12H15FN2O/c1-8(7-14)12(16)15-6-5-9-3-2-4-10(13)11(9)15/h2-4,8H,5-7,14H2,1H3/t8-/m0/s1. The highest BCUT2D eigenvalue weighted by Crippen LogP contribution is 2.31. The van der Waals surface area contributed by atoms with Gasteiger partial charge in [0.05, 0.1) is 5.69 Å². The van der Waals surface area contributed by atoms with Crippen molar-refractivity contribution in [2.45, 2.75) is 13.3 Å². The van der Waals surface area contributed by atoms with Crippen LogP contribution in [0.4, 0.5) is 10.1 Å². The van der Waals surface area contributed by atoms with Gasteiger partial charge in [-0.25, -0.2) is 4.39 Å². The van der Waals surface area contributed by atoms with Gasteiger partial charge in [0.25, 0.3) is 0 Å². The van der Waals surface area contributed by atoms with Gasteiger partial charge >= 0.3 is 0 Å². The van der Waals surface area contributed by atoms with Gasteiger partial charge < -0.3 is 10.6 Å². The number of fused-ring (bicyclic) bond motifs is 1. The minimum atomic E-state index is -0.326. The number of hydrogen-bond acceptors (Lipinski definition) is 2. The summed E-state index contributed by atoms with van der Waals surface area (Å²) in [7, 11) is 0. The Balaban J connectivity index is 2.33. The fourth-order valence-electron chi connectivity index (χ4n) is 2.00. The van der Waals surface area contributed by atoms with Crippen molar-refractivity contribution in [3.63, 3.8) is 0 Å². The fourth-order valence-corrected chi connectivity index (χ4v) is 2.00. The lowest BCUT2D eigenvalue weighted by atomic mass is 10.1. The summed E-state index contributed by atoms with van der Waals surface area (Å²) in [5.74, 6) is -0.676. The molecular formula is C12H15FN2O. The number of amides is 1. The molecule has 1 aliphatic rings. The lowest BCUT2D eigenvalue weighted by Gasteiger charge is -2.21. The summed E-state index contributed by atoms with van der Waals surface area (Å²) in [5, 5.41) is 0. The lowest BCUT2D eigenvalue weighted by molar-refractivity contribution is -0.121. The molecule has 0 saturated heterocycles. The Kier molecular flexibility index (Phi) is 2.92. The van der Waals surface area contributed by atoms with Crippen LogP contribution >= 0.6 is 0 Å². The predicted molar refractivity (Wildman–Crippen MR) is 60.7 cm³/mol. The van der Waals surface area contributed by atoms with E-state index in [9.17, 15) is 9.18 Å². The van der Waals surface area contributed by atoms with Crippen molar-refractivity contribution in [1.29, 1.82) is 0 Å². The summed E-state index contributed by atoms with van der Waals surface area (Å²) in [6.45, 7) is 2.61. The van der Waals surface area contributed by atoms with Crippen LogP contribution in [-0.2, 0) is 11.2 Å². The molecule has 2 N–H and O–H groups in total. The first-order valence-corrected chi connectivity index (χ1v) is 5.44. The van der Waals surface area contributed by atoms with Crippen molar-refractivity contribution >= 4 is 11.6 Å². The average Bonchev–Trinajstić information content (AvgIpc) is 2.72. The van der Waals surface area contributed by atoms with Gasteiger partial charge in [0.2, 0.25) is 5.91 Å². The number of rotatable bonds is 2. The average molecular weight is 222 g/mol. The molecule has 0 bridgehead atoms. The van der Waals surface area contributed by atoms with E-state index in [1.54, 1.807) is 13.0 Å². The molecule has 1 heterocycles. The molecule has 16 heavy (non-hydrogen) atoms. The molecular weight excluding hydrogens is 207 g/mol. The van der Waals surface area contributed by atoms with E-state index < -0.39 is 0 Å². The Bertz CT molecular complexity index is 419. The molecule has 0 radical (unpaired) electrons. The maximum absolute atomic E-state index is 13.6. The summed E-state index contributed by atoms with van der Waals surface area (Å²) < 4.78 is 13.6. The molecule has 4 heteroatoms. The quantitative estimate of drug-likeness (QED) is 0.820. The lowest BCUT2D eigenvalue weighted by Crippen LogP contribution is -2.37. The van der Waals surface area contributed by atoms with Crippen molar-refractivity contribution in [2.75, 3.05) is 18.0 Å². The third kappa shape index (κ3) is 1.69. The SMILES string of the molecule is C[C@@H](CN)C(=O)N1CCc2cccc(F)c21. The molecule has 1 amide bonds. The first-order chi connectivity index (χ1) is 7.65. The number of benzene rings is 1. The molecule has 0 unspecified atom stereocenters.